The van der Waals surface area contributed by atoms with Crippen LogP contribution in [0.3, 0.4) is 0 Å². The maximum Gasteiger partial charge on any atom is 0.386 e. The lowest BCUT2D eigenvalue weighted by Gasteiger charge is -2.08. The van der Waals surface area contributed by atoms with E-state index in [0.29, 0.717) is 18.8 Å². The summed E-state index contributed by atoms with van der Waals surface area (Å²) in [6, 6.07) is 11.0. The molecule has 2 aromatic rings. The molecule has 1 aromatic heterocycles. The van der Waals surface area contributed by atoms with Crippen LogP contribution in [0.25, 0.3) is 0 Å². The highest BCUT2D eigenvalue weighted by Gasteiger charge is 2.12. The van der Waals surface area contributed by atoms with Crippen LogP contribution >= 0.6 is 0 Å². The molecule has 0 aliphatic heterocycles. The Hall–Kier alpha value is -2.63. The first-order valence-electron chi connectivity index (χ1n) is 6.19. The predicted octanol–water partition coefficient (Wildman–Crippen LogP) is 2.79. The van der Waals surface area contributed by atoms with Crippen LogP contribution in [-0.2, 0) is 0 Å². The second-order valence-electron chi connectivity index (χ2n) is 4.22. The Kier molecular flexibility index (Phi) is 4.49. The van der Waals surface area contributed by atoms with Gasteiger partial charge in [-0.05, 0) is 46.7 Å². The Morgan fingerprint density at radius 3 is 2.95 bits per heavy atom. The fourth-order valence-electron chi connectivity index (χ4n) is 1.74. The van der Waals surface area contributed by atoms with Crippen LogP contribution in [0, 0.1) is 17.0 Å². The molecule has 104 valence electrons. The van der Waals surface area contributed by atoms with Crippen molar-refractivity contribution in [2.45, 2.75) is 6.92 Å². The third-order valence-electron chi connectivity index (χ3n) is 2.64. The number of rotatable bonds is 6. The quantitative estimate of drug-likeness (QED) is 0.497. The van der Waals surface area contributed by atoms with Gasteiger partial charge in [-0.15, -0.1) is 0 Å². The van der Waals surface area contributed by atoms with Crippen LogP contribution in [0.2, 0.25) is 0 Å². The maximum atomic E-state index is 10.8. The zero-order chi connectivity index (χ0) is 14.4. The van der Waals surface area contributed by atoms with Crippen LogP contribution in [0.1, 0.15) is 5.56 Å². The number of aryl methyl sites for hydroxylation is 1. The number of nitrogens with zero attached hydrogens (tertiary/aromatic N) is 2. The maximum absolute atomic E-state index is 10.8. The van der Waals surface area contributed by atoms with Gasteiger partial charge >= 0.3 is 5.82 Å². The Morgan fingerprint density at radius 1 is 1.35 bits per heavy atom. The van der Waals surface area contributed by atoms with Gasteiger partial charge in [0.05, 0.1) is 0 Å². The van der Waals surface area contributed by atoms with Gasteiger partial charge in [0.15, 0.2) is 0 Å². The number of benzene rings is 1. The molecule has 1 N–H and O–H groups in total. The SMILES string of the molecule is Cc1cccc(OCCNc2cccnc2[N+](=O)[O-])c1. The van der Waals surface area contributed by atoms with Gasteiger partial charge in [-0.1, -0.05) is 12.1 Å². The van der Waals surface area contributed by atoms with Crippen LogP contribution in [0.5, 0.6) is 5.75 Å². The average molecular weight is 273 g/mol. The summed E-state index contributed by atoms with van der Waals surface area (Å²) >= 11 is 0. The minimum absolute atomic E-state index is 0.178. The van der Waals surface area contributed by atoms with Crippen molar-refractivity contribution in [3.8, 4) is 5.75 Å². The lowest BCUT2D eigenvalue weighted by Crippen LogP contribution is -2.12. The number of ether oxygens (including phenoxy) is 1. The number of nitrogens with one attached hydrogen (secondary N) is 1. The van der Waals surface area contributed by atoms with E-state index in [4.69, 9.17) is 4.74 Å². The van der Waals surface area contributed by atoms with Crippen LogP contribution in [0.4, 0.5) is 11.5 Å². The summed E-state index contributed by atoms with van der Waals surface area (Å²) in [6.07, 6.45) is 1.40. The minimum Gasteiger partial charge on any atom is -0.492 e. The summed E-state index contributed by atoms with van der Waals surface area (Å²) < 4.78 is 5.56. The molecule has 2 rings (SSSR count). The van der Waals surface area contributed by atoms with Gasteiger partial charge in [-0.2, -0.15) is 0 Å². The molecule has 0 unspecified atom stereocenters. The number of hydrogen-bond acceptors (Lipinski definition) is 5. The molecule has 6 nitrogen and oxygen atoms in total. The minimum atomic E-state index is -0.510. The first-order chi connectivity index (χ1) is 9.66. The van der Waals surface area contributed by atoms with E-state index >= 15 is 0 Å². The van der Waals surface area contributed by atoms with Crippen molar-refractivity contribution >= 4 is 11.5 Å². The monoisotopic (exact) mass is 273 g/mol. The summed E-state index contributed by atoms with van der Waals surface area (Å²) in [5, 5.41) is 13.7. The van der Waals surface area contributed by atoms with Gasteiger partial charge in [-0.3, -0.25) is 0 Å². The number of aromatic nitrogens is 1. The van der Waals surface area contributed by atoms with Crippen molar-refractivity contribution in [1.29, 1.82) is 0 Å². The molecule has 0 radical (unpaired) electrons. The number of pyridine rings is 1. The molecule has 0 bridgehead atoms. The molecule has 0 spiro atoms. The van der Waals surface area contributed by atoms with E-state index in [-0.39, 0.29) is 5.82 Å². The van der Waals surface area contributed by atoms with Crippen molar-refractivity contribution in [2.75, 3.05) is 18.5 Å². The molecule has 0 saturated heterocycles. The molecule has 0 saturated carbocycles. The van der Waals surface area contributed by atoms with Crippen LogP contribution < -0.4 is 10.1 Å². The van der Waals surface area contributed by atoms with Crippen molar-refractivity contribution in [3.63, 3.8) is 0 Å². The number of nitro groups is 1. The standard InChI is InChI=1S/C14H15N3O3/c1-11-4-2-5-12(10-11)20-9-8-15-13-6-3-7-16-14(13)17(18)19/h2-7,10,15H,8-9H2,1H3. The molecular weight excluding hydrogens is 258 g/mol. The van der Waals surface area contributed by atoms with Gasteiger partial charge < -0.3 is 20.2 Å². The van der Waals surface area contributed by atoms with Crippen molar-refractivity contribution < 1.29 is 9.66 Å². The molecule has 0 atom stereocenters. The smallest absolute Gasteiger partial charge is 0.386 e. The van der Waals surface area contributed by atoms with Gasteiger partial charge in [0.2, 0.25) is 0 Å². The molecular formula is C14H15N3O3. The fraction of sp³-hybridized carbons (Fsp3) is 0.214. The van der Waals surface area contributed by atoms with E-state index in [1.165, 1.54) is 6.20 Å². The second-order valence-corrected chi connectivity index (χ2v) is 4.22. The fourth-order valence-corrected chi connectivity index (χ4v) is 1.74. The van der Waals surface area contributed by atoms with Gasteiger partial charge in [0, 0.05) is 6.54 Å². The Labute approximate surface area is 116 Å². The topological polar surface area (TPSA) is 77.3 Å². The highest BCUT2D eigenvalue weighted by molar-refractivity contribution is 5.56. The van der Waals surface area contributed by atoms with E-state index in [0.717, 1.165) is 11.3 Å². The van der Waals surface area contributed by atoms with Crippen LogP contribution in [0.15, 0.2) is 42.6 Å². The molecule has 1 aromatic carbocycles. The summed E-state index contributed by atoms with van der Waals surface area (Å²) in [6.45, 7) is 2.86. The van der Waals surface area contributed by atoms with E-state index in [1.54, 1.807) is 12.1 Å². The van der Waals surface area contributed by atoms with Crippen molar-refractivity contribution in [1.82, 2.24) is 4.98 Å². The zero-order valence-corrected chi connectivity index (χ0v) is 11.1. The van der Waals surface area contributed by atoms with Crippen molar-refractivity contribution in [3.05, 3.63) is 58.3 Å². The number of hydrogen-bond donors (Lipinski definition) is 1. The van der Waals surface area contributed by atoms with Crippen molar-refractivity contribution in [2.24, 2.45) is 0 Å². The second kappa shape index (κ2) is 6.51. The Bertz CT molecular complexity index is 602. The van der Waals surface area contributed by atoms with Crippen LogP contribution in [-0.4, -0.2) is 23.1 Å². The zero-order valence-electron chi connectivity index (χ0n) is 11.1. The predicted molar refractivity (Wildman–Crippen MR) is 76.1 cm³/mol. The molecule has 1 heterocycles. The third kappa shape index (κ3) is 3.68. The summed E-state index contributed by atoms with van der Waals surface area (Å²) in [5.41, 5.74) is 1.52. The highest BCUT2D eigenvalue weighted by atomic mass is 16.6. The Morgan fingerprint density at radius 2 is 2.20 bits per heavy atom. The first kappa shape index (κ1) is 13.8. The highest BCUT2D eigenvalue weighted by Crippen LogP contribution is 2.19. The molecule has 6 heteroatoms. The van der Waals surface area contributed by atoms with E-state index in [2.05, 4.69) is 10.3 Å². The van der Waals surface area contributed by atoms with Gasteiger partial charge in [-0.25, -0.2) is 0 Å². The normalized spacial score (nSPS) is 10.1. The molecule has 0 amide bonds. The molecule has 20 heavy (non-hydrogen) atoms. The van der Waals surface area contributed by atoms with E-state index in [1.807, 2.05) is 31.2 Å². The van der Waals surface area contributed by atoms with E-state index in [9.17, 15) is 10.1 Å². The summed E-state index contributed by atoms with van der Waals surface area (Å²) in [4.78, 5) is 14.0. The number of anilines is 1. The lowest BCUT2D eigenvalue weighted by molar-refractivity contribution is -0.388. The Balaban J connectivity index is 1.86. The average Bonchev–Trinajstić information content (AvgIpc) is 2.44. The van der Waals surface area contributed by atoms with Gasteiger partial charge in [0.25, 0.3) is 0 Å². The third-order valence-corrected chi connectivity index (χ3v) is 2.64. The lowest BCUT2D eigenvalue weighted by atomic mass is 10.2. The van der Waals surface area contributed by atoms with E-state index < -0.39 is 4.92 Å². The molecule has 0 aliphatic rings. The largest absolute Gasteiger partial charge is 0.492 e. The molecule has 0 fully saturated rings. The molecule has 0 aliphatic carbocycles. The van der Waals surface area contributed by atoms with Gasteiger partial charge in [0.1, 0.15) is 24.2 Å². The summed E-state index contributed by atoms with van der Waals surface area (Å²) in [7, 11) is 0. The summed E-state index contributed by atoms with van der Waals surface area (Å²) in [5.74, 6) is 0.607. The first-order valence-corrected chi connectivity index (χ1v) is 6.19.